The third kappa shape index (κ3) is 3.45. The summed E-state index contributed by atoms with van der Waals surface area (Å²) in [7, 11) is 1.75. The van der Waals surface area contributed by atoms with Crippen molar-refractivity contribution in [2.75, 3.05) is 17.7 Å². The van der Waals surface area contributed by atoms with Gasteiger partial charge in [-0.25, -0.2) is 4.98 Å². The molecule has 2 N–H and O–H groups in total. The van der Waals surface area contributed by atoms with Crippen LogP contribution < -0.4 is 10.6 Å². The van der Waals surface area contributed by atoms with Crippen LogP contribution in [0, 0.1) is 0 Å². The maximum atomic E-state index is 12.1. The molecule has 1 aromatic heterocycles. The van der Waals surface area contributed by atoms with E-state index in [9.17, 15) is 4.79 Å². The van der Waals surface area contributed by atoms with E-state index in [4.69, 9.17) is 11.6 Å². The summed E-state index contributed by atoms with van der Waals surface area (Å²) in [6.45, 7) is 0. The molecule has 0 aliphatic heterocycles. The van der Waals surface area contributed by atoms with Crippen LogP contribution in [0.15, 0.2) is 41.0 Å². The number of nitrogens with one attached hydrogen (secondary N) is 2. The number of hydrogen-bond acceptors (Lipinski definition) is 3. The van der Waals surface area contributed by atoms with Gasteiger partial charge < -0.3 is 10.6 Å². The van der Waals surface area contributed by atoms with E-state index >= 15 is 0 Å². The second-order valence-electron chi connectivity index (χ2n) is 3.76. The molecule has 0 aliphatic carbocycles. The SMILES string of the molecule is CNc1cc(C(=O)Nc2cc(Br)ccc2Cl)ccn1. The monoisotopic (exact) mass is 339 g/mol. The Morgan fingerprint density at radius 1 is 1.32 bits per heavy atom. The smallest absolute Gasteiger partial charge is 0.255 e. The fourth-order valence-corrected chi connectivity index (χ4v) is 2.02. The summed E-state index contributed by atoms with van der Waals surface area (Å²) in [5, 5.41) is 6.13. The Kier molecular flexibility index (Phi) is 4.39. The average Bonchev–Trinajstić information content (AvgIpc) is 2.43. The highest BCUT2D eigenvalue weighted by molar-refractivity contribution is 9.10. The predicted octanol–water partition coefficient (Wildman–Crippen LogP) is 3.79. The number of hydrogen-bond donors (Lipinski definition) is 2. The van der Waals surface area contributed by atoms with Crippen molar-refractivity contribution in [1.29, 1.82) is 0 Å². The minimum atomic E-state index is -0.237. The van der Waals surface area contributed by atoms with Gasteiger partial charge in [0.1, 0.15) is 5.82 Å². The highest BCUT2D eigenvalue weighted by Gasteiger charge is 2.09. The van der Waals surface area contributed by atoms with Crippen LogP contribution in [0.2, 0.25) is 5.02 Å². The number of aromatic nitrogens is 1. The van der Waals surface area contributed by atoms with Gasteiger partial charge in [0.2, 0.25) is 0 Å². The first-order chi connectivity index (χ1) is 9.10. The molecule has 0 saturated heterocycles. The number of halogens is 2. The van der Waals surface area contributed by atoms with Gasteiger partial charge >= 0.3 is 0 Å². The van der Waals surface area contributed by atoms with Crippen LogP contribution in [-0.2, 0) is 0 Å². The molecule has 1 heterocycles. The summed E-state index contributed by atoms with van der Waals surface area (Å²) < 4.78 is 0.845. The number of anilines is 2. The maximum absolute atomic E-state index is 12.1. The van der Waals surface area contributed by atoms with E-state index in [0.717, 1.165) is 4.47 Å². The molecule has 0 bridgehead atoms. The second kappa shape index (κ2) is 6.04. The molecule has 19 heavy (non-hydrogen) atoms. The normalized spacial score (nSPS) is 10.1. The molecular formula is C13H11BrClN3O. The van der Waals surface area contributed by atoms with E-state index in [1.807, 2.05) is 6.07 Å². The topological polar surface area (TPSA) is 54.0 Å². The number of carbonyl (C=O) groups is 1. The minimum Gasteiger partial charge on any atom is -0.373 e. The Morgan fingerprint density at radius 2 is 2.11 bits per heavy atom. The first-order valence-corrected chi connectivity index (χ1v) is 6.67. The number of amides is 1. The van der Waals surface area contributed by atoms with Gasteiger partial charge in [0, 0.05) is 23.3 Å². The predicted molar refractivity (Wildman–Crippen MR) is 80.9 cm³/mol. The highest BCUT2D eigenvalue weighted by atomic mass is 79.9. The van der Waals surface area contributed by atoms with Gasteiger partial charge in [-0.3, -0.25) is 4.79 Å². The van der Waals surface area contributed by atoms with E-state index in [0.29, 0.717) is 22.1 Å². The maximum Gasteiger partial charge on any atom is 0.255 e. The summed E-state index contributed by atoms with van der Waals surface area (Å²) in [6, 6.07) is 8.58. The number of benzene rings is 1. The summed E-state index contributed by atoms with van der Waals surface area (Å²) in [4.78, 5) is 16.2. The first kappa shape index (κ1) is 13.8. The van der Waals surface area contributed by atoms with Gasteiger partial charge in [-0.2, -0.15) is 0 Å². The average molecular weight is 341 g/mol. The molecule has 0 radical (unpaired) electrons. The third-order valence-electron chi connectivity index (χ3n) is 2.45. The van der Waals surface area contributed by atoms with Gasteiger partial charge in [0.15, 0.2) is 0 Å². The van der Waals surface area contributed by atoms with Crippen molar-refractivity contribution in [3.8, 4) is 0 Å². The van der Waals surface area contributed by atoms with Crippen LogP contribution in [-0.4, -0.2) is 17.9 Å². The largest absolute Gasteiger partial charge is 0.373 e. The lowest BCUT2D eigenvalue weighted by Crippen LogP contribution is -2.12. The van der Waals surface area contributed by atoms with E-state index in [2.05, 4.69) is 31.5 Å². The number of rotatable bonds is 3. The molecule has 1 amide bonds. The van der Waals surface area contributed by atoms with Crippen molar-refractivity contribution >= 4 is 44.9 Å². The molecule has 0 aliphatic rings. The van der Waals surface area contributed by atoms with Gasteiger partial charge in [-0.15, -0.1) is 0 Å². The summed E-state index contributed by atoms with van der Waals surface area (Å²) in [5.41, 5.74) is 1.07. The summed E-state index contributed by atoms with van der Waals surface area (Å²) in [5.74, 6) is 0.395. The summed E-state index contributed by atoms with van der Waals surface area (Å²) in [6.07, 6.45) is 1.57. The van der Waals surface area contributed by atoms with Crippen LogP contribution in [0.4, 0.5) is 11.5 Å². The molecule has 98 valence electrons. The molecule has 0 unspecified atom stereocenters. The molecule has 2 rings (SSSR count). The van der Waals surface area contributed by atoms with Gasteiger partial charge in [-0.1, -0.05) is 27.5 Å². The van der Waals surface area contributed by atoms with Crippen molar-refractivity contribution in [3.63, 3.8) is 0 Å². The summed E-state index contributed by atoms with van der Waals surface area (Å²) >= 11 is 9.36. The molecule has 2 aromatic rings. The third-order valence-corrected chi connectivity index (χ3v) is 3.28. The van der Waals surface area contributed by atoms with Crippen molar-refractivity contribution in [1.82, 2.24) is 4.98 Å². The zero-order valence-corrected chi connectivity index (χ0v) is 12.4. The molecule has 1 aromatic carbocycles. The zero-order valence-electron chi connectivity index (χ0n) is 10.1. The van der Waals surface area contributed by atoms with Crippen molar-refractivity contribution in [2.24, 2.45) is 0 Å². The second-order valence-corrected chi connectivity index (χ2v) is 5.08. The van der Waals surface area contributed by atoms with E-state index in [1.165, 1.54) is 0 Å². The Hall–Kier alpha value is -1.59. The Morgan fingerprint density at radius 3 is 2.84 bits per heavy atom. The van der Waals surface area contributed by atoms with Crippen molar-refractivity contribution in [3.05, 3.63) is 51.6 Å². The Labute approximate surface area is 124 Å². The number of pyridine rings is 1. The number of nitrogens with zero attached hydrogens (tertiary/aromatic N) is 1. The van der Waals surface area contributed by atoms with Gasteiger partial charge in [-0.05, 0) is 30.3 Å². The molecule has 0 saturated carbocycles. The molecule has 0 spiro atoms. The van der Waals surface area contributed by atoms with Gasteiger partial charge in [0.25, 0.3) is 5.91 Å². The molecule has 4 nitrogen and oxygen atoms in total. The van der Waals surface area contributed by atoms with Crippen LogP contribution in [0.5, 0.6) is 0 Å². The van der Waals surface area contributed by atoms with Crippen molar-refractivity contribution < 1.29 is 4.79 Å². The lowest BCUT2D eigenvalue weighted by Gasteiger charge is -2.08. The van der Waals surface area contributed by atoms with Crippen LogP contribution in [0.1, 0.15) is 10.4 Å². The zero-order chi connectivity index (χ0) is 13.8. The Bertz CT molecular complexity index is 619. The fourth-order valence-electron chi connectivity index (χ4n) is 1.50. The van der Waals surface area contributed by atoms with E-state index in [-0.39, 0.29) is 5.91 Å². The number of carbonyl (C=O) groups excluding carboxylic acids is 1. The van der Waals surface area contributed by atoms with E-state index in [1.54, 1.807) is 37.5 Å². The standard InChI is InChI=1S/C13H11BrClN3O/c1-16-12-6-8(4-5-17-12)13(19)18-11-7-9(14)2-3-10(11)15/h2-7H,1H3,(H,16,17)(H,18,19). The lowest BCUT2D eigenvalue weighted by atomic mass is 10.2. The van der Waals surface area contributed by atoms with E-state index < -0.39 is 0 Å². The quantitative estimate of drug-likeness (QED) is 0.894. The molecule has 0 atom stereocenters. The van der Waals surface area contributed by atoms with Gasteiger partial charge in [0.05, 0.1) is 10.7 Å². The fraction of sp³-hybridized carbons (Fsp3) is 0.0769. The first-order valence-electron chi connectivity index (χ1n) is 5.50. The van der Waals surface area contributed by atoms with Crippen LogP contribution in [0.25, 0.3) is 0 Å². The molecule has 6 heteroatoms. The van der Waals surface area contributed by atoms with Crippen molar-refractivity contribution in [2.45, 2.75) is 0 Å². The van der Waals surface area contributed by atoms with Crippen LogP contribution >= 0.6 is 27.5 Å². The Balaban J connectivity index is 2.22. The highest BCUT2D eigenvalue weighted by Crippen LogP contribution is 2.26. The minimum absolute atomic E-state index is 0.237. The van der Waals surface area contributed by atoms with Crippen LogP contribution in [0.3, 0.4) is 0 Å². The molecular weight excluding hydrogens is 330 g/mol. The molecule has 0 fully saturated rings. The lowest BCUT2D eigenvalue weighted by molar-refractivity contribution is 0.102.